The van der Waals surface area contributed by atoms with Gasteiger partial charge in [0.05, 0.1) is 29.4 Å². The Kier molecular flexibility index (Phi) is 7.56. The summed E-state index contributed by atoms with van der Waals surface area (Å²) in [6, 6.07) is 14.5. The molecule has 0 bridgehead atoms. The summed E-state index contributed by atoms with van der Waals surface area (Å²) in [5.41, 5.74) is 3.08. The van der Waals surface area contributed by atoms with Crippen molar-refractivity contribution >= 4 is 34.6 Å². The zero-order chi connectivity index (χ0) is 24.2. The summed E-state index contributed by atoms with van der Waals surface area (Å²) < 4.78 is 13.2. The van der Waals surface area contributed by atoms with Crippen LogP contribution < -0.4 is 15.0 Å². The lowest BCUT2D eigenvalue weighted by Crippen LogP contribution is -2.29. The SMILES string of the molecule is COCCOc1ccc(N2C(=S)N[C@H](c3ccccn3)[C@@H]2c2ccn(C3CCCCC3)c2)cc1Cl. The van der Waals surface area contributed by atoms with Gasteiger partial charge in [0.1, 0.15) is 12.4 Å². The maximum atomic E-state index is 6.61. The topological polar surface area (TPSA) is 51.6 Å². The van der Waals surface area contributed by atoms with E-state index < -0.39 is 0 Å². The van der Waals surface area contributed by atoms with E-state index in [4.69, 9.17) is 33.3 Å². The number of hydrogen-bond acceptors (Lipinski definition) is 4. The Morgan fingerprint density at radius 3 is 2.71 bits per heavy atom. The van der Waals surface area contributed by atoms with Gasteiger partial charge in [0.15, 0.2) is 5.11 Å². The number of rotatable bonds is 8. The molecule has 6 nitrogen and oxygen atoms in total. The molecule has 1 saturated heterocycles. The minimum Gasteiger partial charge on any atom is -0.490 e. The number of halogens is 1. The van der Waals surface area contributed by atoms with Crippen molar-refractivity contribution < 1.29 is 9.47 Å². The number of pyridine rings is 1. The molecule has 0 amide bonds. The number of anilines is 1. The Morgan fingerprint density at radius 2 is 1.97 bits per heavy atom. The van der Waals surface area contributed by atoms with Crippen LogP contribution in [0.25, 0.3) is 0 Å². The minimum absolute atomic E-state index is 0.0569. The first-order chi connectivity index (χ1) is 17.2. The first kappa shape index (κ1) is 24.1. The third kappa shape index (κ3) is 5.17. The summed E-state index contributed by atoms with van der Waals surface area (Å²) in [6.45, 7) is 0.947. The number of ether oxygens (including phenoxy) is 2. The summed E-state index contributed by atoms with van der Waals surface area (Å²) in [6.07, 6.45) is 12.8. The number of methoxy groups -OCH3 is 1. The Morgan fingerprint density at radius 1 is 1.11 bits per heavy atom. The minimum atomic E-state index is -0.0812. The molecule has 1 N–H and O–H groups in total. The van der Waals surface area contributed by atoms with Gasteiger partial charge in [-0.25, -0.2) is 0 Å². The van der Waals surface area contributed by atoms with Crippen LogP contribution in [0.15, 0.2) is 61.1 Å². The van der Waals surface area contributed by atoms with Crippen molar-refractivity contribution in [3.63, 3.8) is 0 Å². The quantitative estimate of drug-likeness (QED) is 0.286. The van der Waals surface area contributed by atoms with Crippen molar-refractivity contribution in [1.82, 2.24) is 14.9 Å². The Labute approximate surface area is 217 Å². The molecule has 2 aliphatic rings. The monoisotopic (exact) mass is 510 g/mol. The van der Waals surface area contributed by atoms with E-state index in [0.29, 0.717) is 35.1 Å². The van der Waals surface area contributed by atoms with Crippen LogP contribution in [0, 0.1) is 0 Å². The number of nitrogens with zero attached hydrogens (tertiary/aromatic N) is 3. The molecule has 0 spiro atoms. The molecule has 1 aliphatic carbocycles. The highest BCUT2D eigenvalue weighted by molar-refractivity contribution is 7.80. The molecule has 1 saturated carbocycles. The first-order valence-corrected chi connectivity index (χ1v) is 13.0. The van der Waals surface area contributed by atoms with Gasteiger partial charge < -0.3 is 24.3 Å². The average Bonchev–Trinajstić information content (AvgIpc) is 3.51. The third-order valence-corrected chi connectivity index (χ3v) is 7.52. The van der Waals surface area contributed by atoms with Crippen molar-refractivity contribution in [2.75, 3.05) is 25.2 Å². The van der Waals surface area contributed by atoms with Crippen molar-refractivity contribution in [3.05, 3.63) is 77.3 Å². The number of hydrogen-bond donors (Lipinski definition) is 1. The fourth-order valence-electron chi connectivity index (χ4n) is 5.18. The van der Waals surface area contributed by atoms with E-state index in [1.165, 1.54) is 37.7 Å². The molecule has 3 aromatic rings. The molecular weight excluding hydrogens is 480 g/mol. The van der Waals surface area contributed by atoms with Crippen molar-refractivity contribution in [1.29, 1.82) is 0 Å². The maximum Gasteiger partial charge on any atom is 0.174 e. The van der Waals surface area contributed by atoms with E-state index in [9.17, 15) is 0 Å². The molecule has 2 fully saturated rings. The number of nitrogens with one attached hydrogen (secondary N) is 1. The molecule has 3 heterocycles. The van der Waals surface area contributed by atoms with E-state index in [0.717, 1.165) is 11.4 Å². The van der Waals surface area contributed by atoms with Gasteiger partial charge in [-0.05, 0) is 67.0 Å². The second kappa shape index (κ2) is 11.0. The van der Waals surface area contributed by atoms with Gasteiger partial charge in [0.25, 0.3) is 0 Å². The zero-order valence-corrected chi connectivity index (χ0v) is 21.5. The number of thiocarbonyl (C=S) groups is 1. The fourth-order valence-corrected chi connectivity index (χ4v) is 5.75. The van der Waals surface area contributed by atoms with E-state index >= 15 is 0 Å². The number of benzene rings is 1. The van der Waals surface area contributed by atoms with Crippen LogP contribution in [-0.2, 0) is 4.74 Å². The van der Waals surface area contributed by atoms with Gasteiger partial charge in [0.2, 0.25) is 0 Å². The van der Waals surface area contributed by atoms with E-state index in [-0.39, 0.29) is 12.1 Å². The highest BCUT2D eigenvalue weighted by atomic mass is 35.5. The molecule has 2 aromatic heterocycles. The summed E-state index contributed by atoms with van der Waals surface area (Å²) in [5.74, 6) is 0.631. The Balaban J connectivity index is 1.49. The average molecular weight is 511 g/mol. The van der Waals surface area contributed by atoms with Gasteiger partial charge in [-0.15, -0.1) is 0 Å². The zero-order valence-electron chi connectivity index (χ0n) is 19.9. The summed E-state index contributed by atoms with van der Waals surface area (Å²) >= 11 is 12.5. The lowest BCUT2D eigenvalue weighted by Gasteiger charge is -2.28. The van der Waals surface area contributed by atoms with E-state index in [1.54, 1.807) is 7.11 Å². The summed E-state index contributed by atoms with van der Waals surface area (Å²) in [4.78, 5) is 6.81. The van der Waals surface area contributed by atoms with E-state index in [2.05, 4.69) is 44.3 Å². The summed E-state index contributed by atoms with van der Waals surface area (Å²) in [7, 11) is 1.65. The lowest BCUT2D eigenvalue weighted by molar-refractivity contribution is 0.146. The third-order valence-electron chi connectivity index (χ3n) is 6.91. The second-order valence-corrected chi connectivity index (χ2v) is 9.93. The Hall–Kier alpha value is -2.61. The normalized spacial score (nSPS) is 20.7. The molecule has 0 unspecified atom stereocenters. The largest absolute Gasteiger partial charge is 0.490 e. The molecular formula is C27H31ClN4O2S. The fraction of sp³-hybridized carbons (Fsp3) is 0.407. The van der Waals surface area contributed by atoms with Crippen LogP contribution in [0.2, 0.25) is 5.02 Å². The van der Waals surface area contributed by atoms with Gasteiger partial charge in [-0.3, -0.25) is 4.98 Å². The standard InChI is InChI=1S/C27H31ClN4O2S/c1-33-15-16-34-24-11-10-21(17-22(24)28)32-26(25(30-27(32)35)23-9-5-6-13-29-23)19-12-14-31(18-19)20-7-3-2-4-8-20/h5-6,9-14,17-18,20,25-26H,2-4,7-8,15-16H2,1H3,(H,30,35)/t25-,26+/m1/s1. The van der Waals surface area contributed by atoms with Crippen LogP contribution >= 0.6 is 23.8 Å². The van der Waals surface area contributed by atoms with Gasteiger partial charge in [0, 0.05) is 37.4 Å². The molecule has 1 aliphatic heterocycles. The van der Waals surface area contributed by atoms with Crippen LogP contribution in [0.4, 0.5) is 5.69 Å². The first-order valence-electron chi connectivity index (χ1n) is 12.2. The molecule has 1 aromatic carbocycles. The lowest BCUT2D eigenvalue weighted by atomic mass is 9.95. The van der Waals surface area contributed by atoms with Gasteiger partial charge in [-0.1, -0.05) is 36.9 Å². The van der Waals surface area contributed by atoms with Crippen molar-refractivity contribution in [2.45, 2.75) is 50.2 Å². The van der Waals surface area contributed by atoms with Crippen LogP contribution in [0.1, 0.15) is 61.5 Å². The second-order valence-electron chi connectivity index (χ2n) is 9.14. The Bertz CT molecular complexity index is 1150. The summed E-state index contributed by atoms with van der Waals surface area (Å²) in [5, 5.41) is 4.72. The predicted octanol–water partition coefficient (Wildman–Crippen LogP) is 6.24. The van der Waals surface area contributed by atoms with Gasteiger partial charge >= 0.3 is 0 Å². The van der Waals surface area contributed by atoms with E-state index in [1.807, 2.05) is 36.5 Å². The van der Waals surface area contributed by atoms with Crippen molar-refractivity contribution in [2.24, 2.45) is 0 Å². The van der Waals surface area contributed by atoms with Crippen molar-refractivity contribution in [3.8, 4) is 5.75 Å². The molecule has 5 rings (SSSR count). The van der Waals surface area contributed by atoms with Crippen LogP contribution in [0.3, 0.4) is 0 Å². The smallest absolute Gasteiger partial charge is 0.174 e. The van der Waals surface area contributed by atoms with Crippen LogP contribution in [0.5, 0.6) is 5.75 Å². The molecule has 8 heteroatoms. The number of aromatic nitrogens is 2. The highest BCUT2D eigenvalue weighted by Crippen LogP contribution is 2.43. The maximum absolute atomic E-state index is 6.61. The van der Waals surface area contributed by atoms with Gasteiger partial charge in [-0.2, -0.15) is 0 Å². The highest BCUT2D eigenvalue weighted by Gasteiger charge is 2.41. The molecule has 0 radical (unpaired) electrons. The molecule has 35 heavy (non-hydrogen) atoms. The molecule has 184 valence electrons. The van der Waals surface area contributed by atoms with Crippen LogP contribution in [-0.4, -0.2) is 35.0 Å². The predicted molar refractivity (Wildman–Crippen MR) is 143 cm³/mol. The molecule has 2 atom stereocenters.